The van der Waals surface area contributed by atoms with Crippen molar-refractivity contribution in [1.29, 1.82) is 0 Å². The third-order valence-electron chi connectivity index (χ3n) is 0.0781. The first kappa shape index (κ1) is 9.07. The van der Waals surface area contributed by atoms with E-state index in [1.807, 2.05) is 0 Å². The Hall–Kier alpha value is -0.550. The fourth-order valence-corrected chi connectivity index (χ4v) is 0. The number of carboxylic acid groups (broad SMARTS) is 1. The maximum Gasteiger partial charge on any atom is 0.442 e. The summed E-state index contributed by atoms with van der Waals surface area (Å²) in [6, 6.07) is 0. The van der Waals surface area contributed by atoms with E-state index in [1.165, 1.54) is 0 Å². The molecule has 6 heavy (non-hydrogen) atoms. The molecule has 0 spiro atoms. The Labute approximate surface area is 39.9 Å². The van der Waals surface area contributed by atoms with Crippen molar-refractivity contribution in [2.75, 3.05) is 0 Å². The predicted molar refractivity (Wildman–Crippen MR) is 22.8 cm³/mol. The monoisotopic (exact) mass is 108 g/mol. The second kappa shape index (κ2) is 4.45. The number of carbonyl (C=O) groups is 1. The van der Waals surface area contributed by atoms with Gasteiger partial charge in [0.15, 0.2) is 0 Å². The minimum absolute atomic E-state index is 0. The van der Waals surface area contributed by atoms with Gasteiger partial charge < -0.3 is 11.3 Å². The van der Waals surface area contributed by atoms with E-state index in [9.17, 15) is 0 Å². The van der Waals surface area contributed by atoms with Crippen LogP contribution in [0.15, 0.2) is 4.36 Å². The predicted octanol–water partition coefficient (Wildman–Crippen LogP) is 0.557. The van der Waals surface area contributed by atoms with Crippen LogP contribution in [0.5, 0.6) is 0 Å². The molecule has 0 heterocycles. The van der Waals surface area contributed by atoms with Crippen LogP contribution in [0.3, 0.4) is 0 Å². The average molecular weight is 108 g/mol. The molecule has 0 rings (SSSR count). The summed E-state index contributed by atoms with van der Waals surface area (Å²) >= 11 is 3.70. The van der Waals surface area contributed by atoms with Gasteiger partial charge in [-0.25, -0.2) is 4.79 Å². The van der Waals surface area contributed by atoms with E-state index < -0.39 is 6.09 Å². The van der Waals surface area contributed by atoms with E-state index in [-0.39, 0.29) is 6.15 Å². The van der Waals surface area contributed by atoms with Crippen LogP contribution < -0.4 is 6.15 Å². The van der Waals surface area contributed by atoms with Gasteiger partial charge in [0.2, 0.25) is 0 Å². The highest BCUT2D eigenvalue weighted by molar-refractivity contribution is 7.47. The van der Waals surface area contributed by atoms with Crippen molar-refractivity contribution in [3.05, 3.63) is 0 Å². The van der Waals surface area contributed by atoms with Crippen LogP contribution >= 0.6 is 0 Å². The van der Waals surface area contributed by atoms with Crippen LogP contribution in [-0.4, -0.2) is 11.2 Å². The Morgan fingerprint density at radius 3 is 2.00 bits per heavy atom. The Kier molecular flexibility index (Phi) is 6.72. The summed E-state index contributed by atoms with van der Waals surface area (Å²) in [5.74, 6) is 0. The highest BCUT2D eigenvalue weighted by atomic mass is 32.1. The lowest BCUT2D eigenvalue weighted by Gasteiger charge is -1.61. The van der Waals surface area contributed by atoms with Crippen LogP contribution in [0.25, 0.3) is 0 Å². The highest BCUT2D eigenvalue weighted by Crippen LogP contribution is 1.60. The van der Waals surface area contributed by atoms with E-state index in [0.29, 0.717) is 0 Å². The summed E-state index contributed by atoms with van der Waals surface area (Å²) in [6.07, 6.45) is -1.31. The number of nitrogens with zero attached hydrogens (tertiary/aromatic N) is 1. The van der Waals surface area contributed by atoms with Gasteiger partial charge in [-0.05, 0) is 0 Å². The maximum atomic E-state index is 9.10. The van der Waals surface area contributed by atoms with Crippen LogP contribution in [0.4, 0.5) is 4.79 Å². The molecule has 0 aromatic rings. The molecule has 0 saturated carbocycles. The van der Waals surface area contributed by atoms with Crippen molar-refractivity contribution in [2.24, 2.45) is 4.36 Å². The summed E-state index contributed by atoms with van der Waals surface area (Å²) < 4.78 is 2.39. The van der Waals surface area contributed by atoms with Crippen molar-refractivity contribution < 1.29 is 9.90 Å². The molecule has 36 valence electrons. The molecule has 4 N–H and O–H groups in total. The Morgan fingerprint density at radius 1 is 1.83 bits per heavy atom. The first-order chi connectivity index (χ1) is 2.27. The molecule has 0 aromatic heterocycles. The zero-order chi connectivity index (χ0) is 4.28. The van der Waals surface area contributed by atoms with Crippen molar-refractivity contribution in [2.45, 2.75) is 0 Å². The minimum atomic E-state index is -1.31. The quantitative estimate of drug-likeness (QED) is 0.474. The van der Waals surface area contributed by atoms with E-state index in [1.54, 1.807) is 0 Å². The SMILES string of the molecule is N.O=C(O)N=S. The van der Waals surface area contributed by atoms with Gasteiger partial charge in [-0.2, -0.15) is 0 Å². The molecule has 1 amide bonds. The second-order valence-corrected chi connectivity index (χ2v) is 0.556. The maximum absolute atomic E-state index is 9.10. The summed E-state index contributed by atoms with van der Waals surface area (Å²) in [6.45, 7) is 0. The fraction of sp³-hybridized carbons (Fsp3) is 0. The zero-order valence-electron chi connectivity index (χ0n) is 2.92. The largest absolute Gasteiger partial charge is 0.463 e. The van der Waals surface area contributed by atoms with Crippen molar-refractivity contribution in [3.63, 3.8) is 0 Å². The van der Waals surface area contributed by atoms with Crippen LogP contribution in [0.2, 0.25) is 0 Å². The summed E-state index contributed by atoms with van der Waals surface area (Å²) in [5, 5.41) is 7.45. The summed E-state index contributed by atoms with van der Waals surface area (Å²) in [7, 11) is 0. The first-order valence-corrected chi connectivity index (χ1v) is 1.20. The molecule has 0 bridgehead atoms. The molecular formula is CH4N2O2S. The Bertz CT molecular complexity index is 62.6. The van der Waals surface area contributed by atoms with Crippen LogP contribution in [0, 0.1) is 0 Å². The molecule has 0 saturated heterocycles. The van der Waals surface area contributed by atoms with E-state index in [4.69, 9.17) is 9.90 Å². The van der Waals surface area contributed by atoms with Gasteiger partial charge in [-0.15, -0.1) is 4.36 Å². The van der Waals surface area contributed by atoms with Crippen LogP contribution in [0.1, 0.15) is 0 Å². The van der Waals surface area contributed by atoms with Gasteiger partial charge in [0, 0.05) is 12.4 Å². The van der Waals surface area contributed by atoms with Gasteiger partial charge in [0.25, 0.3) is 0 Å². The number of rotatable bonds is 0. The average Bonchev–Trinajstić information content (AvgIpc) is 1.38. The molecular weight excluding hydrogens is 104 g/mol. The lowest BCUT2D eigenvalue weighted by molar-refractivity contribution is 0.206. The van der Waals surface area contributed by atoms with E-state index in [0.717, 1.165) is 0 Å². The molecule has 0 aliphatic heterocycles. The molecule has 0 aliphatic carbocycles. The van der Waals surface area contributed by atoms with Gasteiger partial charge in [0.05, 0.1) is 0 Å². The van der Waals surface area contributed by atoms with Gasteiger partial charge >= 0.3 is 6.09 Å². The van der Waals surface area contributed by atoms with Gasteiger partial charge in [-0.3, -0.25) is 0 Å². The lowest BCUT2D eigenvalue weighted by atomic mass is 11.3. The molecule has 0 radical (unpaired) electrons. The number of hydrogen-bond donors (Lipinski definition) is 2. The minimum Gasteiger partial charge on any atom is -0.463 e. The lowest BCUT2D eigenvalue weighted by Crippen LogP contribution is -1.77. The van der Waals surface area contributed by atoms with Crippen molar-refractivity contribution in [1.82, 2.24) is 6.15 Å². The topological polar surface area (TPSA) is 84.7 Å². The standard InChI is InChI=1S/CHNO2S.H3N/c3-1(4)2-5;/h(H,3,4);1H3. The third-order valence-corrected chi connectivity index (χ3v) is 0.234. The second-order valence-electron chi connectivity index (χ2n) is 0.374. The Balaban J connectivity index is 0. The Morgan fingerprint density at radius 2 is 2.00 bits per heavy atom. The zero-order valence-corrected chi connectivity index (χ0v) is 3.73. The third kappa shape index (κ3) is 9.85. The van der Waals surface area contributed by atoms with Gasteiger partial charge in [-0.1, -0.05) is 0 Å². The number of hydrogen-bond acceptors (Lipinski definition) is 3. The number of amides is 1. The van der Waals surface area contributed by atoms with E-state index in [2.05, 4.69) is 16.8 Å². The van der Waals surface area contributed by atoms with Gasteiger partial charge in [0.1, 0.15) is 0 Å². The molecule has 0 aliphatic rings. The smallest absolute Gasteiger partial charge is 0.442 e. The molecule has 0 unspecified atom stereocenters. The summed E-state index contributed by atoms with van der Waals surface area (Å²) in [5.41, 5.74) is 0. The van der Waals surface area contributed by atoms with Crippen molar-refractivity contribution >= 4 is 18.5 Å². The van der Waals surface area contributed by atoms with Crippen LogP contribution in [-0.2, 0) is 12.4 Å². The molecule has 0 atom stereocenters. The molecule has 0 fully saturated rings. The van der Waals surface area contributed by atoms with E-state index >= 15 is 0 Å². The molecule has 5 heteroatoms. The molecule has 0 aromatic carbocycles. The normalized spacial score (nSPS) is 5.33. The highest BCUT2D eigenvalue weighted by Gasteiger charge is 1.77. The summed E-state index contributed by atoms with van der Waals surface area (Å²) in [4.78, 5) is 9.10. The molecule has 4 nitrogen and oxygen atoms in total. The fourth-order valence-electron chi connectivity index (χ4n) is 0. The van der Waals surface area contributed by atoms with Crippen molar-refractivity contribution in [3.8, 4) is 0 Å². The first-order valence-electron chi connectivity index (χ1n) is 0.834.